The van der Waals surface area contributed by atoms with Crippen molar-refractivity contribution in [2.75, 3.05) is 40.3 Å². The molecule has 1 fully saturated rings. The highest BCUT2D eigenvalue weighted by Crippen LogP contribution is 2.20. The fourth-order valence-corrected chi connectivity index (χ4v) is 2.94. The highest BCUT2D eigenvalue weighted by molar-refractivity contribution is 4.87. The van der Waals surface area contributed by atoms with Crippen LogP contribution in [0.25, 0.3) is 0 Å². The maximum atomic E-state index is 9.35. The Kier molecular flexibility index (Phi) is 6.57. The van der Waals surface area contributed by atoms with Gasteiger partial charge >= 0.3 is 0 Å². The van der Waals surface area contributed by atoms with Gasteiger partial charge in [-0.25, -0.2) is 0 Å². The minimum atomic E-state index is 0.235. The van der Waals surface area contributed by atoms with Crippen LogP contribution in [-0.2, 0) is 0 Å². The third kappa shape index (κ3) is 4.84. The van der Waals surface area contributed by atoms with Crippen LogP contribution in [0.2, 0.25) is 0 Å². The second kappa shape index (κ2) is 7.43. The van der Waals surface area contributed by atoms with E-state index in [4.69, 9.17) is 0 Å². The molecule has 2 N–H and O–H groups in total. The first-order chi connectivity index (χ1) is 8.43. The molecule has 0 bridgehead atoms. The highest BCUT2D eigenvalue weighted by Gasteiger charge is 2.30. The van der Waals surface area contributed by atoms with Crippen molar-refractivity contribution in [3.63, 3.8) is 0 Å². The lowest BCUT2D eigenvalue weighted by Gasteiger charge is -2.24. The molecule has 3 unspecified atom stereocenters. The molecule has 1 saturated heterocycles. The summed E-state index contributed by atoms with van der Waals surface area (Å²) in [7, 11) is 4.34. The Morgan fingerprint density at radius 3 is 2.44 bits per heavy atom. The van der Waals surface area contributed by atoms with Crippen LogP contribution in [0.5, 0.6) is 0 Å². The third-order valence-electron chi connectivity index (χ3n) is 3.89. The lowest BCUT2D eigenvalue weighted by Crippen LogP contribution is -2.40. The zero-order valence-electron chi connectivity index (χ0n) is 12.7. The van der Waals surface area contributed by atoms with Crippen LogP contribution in [0.15, 0.2) is 0 Å². The van der Waals surface area contributed by atoms with Crippen molar-refractivity contribution >= 4 is 0 Å². The van der Waals surface area contributed by atoms with E-state index in [9.17, 15) is 5.11 Å². The maximum Gasteiger partial charge on any atom is 0.0585 e. The molecule has 4 nitrogen and oxygen atoms in total. The highest BCUT2D eigenvalue weighted by atomic mass is 16.3. The number of aliphatic hydroxyl groups excluding tert-OH is 1. The molecule has 0 radical (unpaired) electrons. The Morgan fingerprint density at radius 2 is 2.00 bits per heavy atom. The van der Waals surface area contributed by atoms with E-state index in [-0.39, 0.29) is 12.6 Å². The van der Waals surface area contributed by atoms with Crippen molar-refractivity contribution in [1.82, 2.24) is 15.1 Å². The smallest absolute Gasteiger partial charge is 0.0585 e. The van der Waals surface area contributed by atoms with E-state index in [0.29, 0.717) is 12.1 Å². The van der Waals surface area contributed by atoms with E-state index in [0.717, 1.165) is 25.4 Å². The maximum absolute atomic E-state index is 9.35. The molecule has 108 valence electrons. The fraction of sp³-hybridized carbons (Fsp3) is 1.00. The Balaban J connectivity index is 2.31. The Bertz CT molecular complexity index is 233. The van der Waals surface area contributed by atoms with E-state index in [1.807, 2.05) is 0 Å². The largest absolute Gasteiger partial charge is 0.395 e. The number of hydrogen-bond acceptors (Lipinski definition) is 4. The Hall–Kier alpha value is -0.160. The standard InChI is InChI=1S/C14H31N3O/c1-11(2)15-13(10-18)6-7-17-8-12(3)14(9-17)16(4)5/h11-15,18H,6-10H2,1-5H3. The summed E-state index contributed by atoms with van der Waals surface area (Å²) in [6, 6.07) is 1.35. The molecule has 0 aromatic rings. The molecule has 4 heteroatoms. The number of nitrogens with one attached hydrogen (secondary N) is 1. The SMILES string of the molecule is CC(C)NC(CO)CCN1CC(C)C(N(C)C)C1. The summed E-state index contributed by atoms with van der Waals surface area (Å²) in [6.45, 7) is 10.3. The monoisotopic (exact) mass is 257 g/mol. The second-order valence-electron chi connectivity index (χ2n) is 6.26. The first-order valence-electron chi connectivity index (χ1n) is 7.19. The first kappa shape index (κ1) is 15.9. The molecule has 1 aliphatic rings. The Morgan fingerprint density at radius 1 is 1.33 bits per heavy atom. The zero-order valence-corrected chi connectivity index (χ0v) is 12.7. The quantitative estimate of drug-likeness (QED) is 0.701. The lowest BCUT2D eigenvalue weighted by atomic mass is 10.1. The lowest BCUT2D eigenvalue weighted by molar-refractivity contribution is 0.205. The van der Waals surface area contributed by atoms with Crippen molar-refractivity contribution in [1.29, 1.82) is 0 Å². The molecule has 0 amide bonds. The van der Waals surface area contributed by atoms with Crippen LogP contribution in [0.1, 0.15) is 27.2 Å². The van der Waals surface area contributed by atoms with E-state index < -0.39 is 0 Å². The summed E-state index contributed by atoms with van der Waals surface area (Å²) in [4.78, 5) is 4.86. The van der Waals surface area contributed by atoms with E-state index in [1.54, 1.807) is 0 Å². The molecule has 1 aliphatic heterocycles. The van der Waals surface area contributed by atoms with Gasteiger partial charge in [-0.05, 0) is 33.0 Å². The van der Waals surface area contributed by atoms with Crippen LogP contribution < -0.4 is 5.32 Å². The summed E-state index contributed by atoms with van der Waals surface area (Å²) in [5, 5.41) is 12.8. The number of likely N-dealkylation sites (tertiary alicyclic amines) is 1. The van der Waals surface area contributed by atoms with Gasteiger partial charge in [0.25, 0.3) is 0 Å². The van der Waals surface area contributed by atoms with E-state index in [2.05, 4.69) is 50.0 Å². The normalized spacial score (nSPS) is 27.3. The molecule has 0 spiro atoms. The van der Waals surface area contributed by atoms with Gasteiger partial charge in [0.1, 0.15) is 0 Å². The van der Waals surface area contributed by atoms with Crippen molar-refractivity contribution in [3.05, 3.63) is 0 Å². The zero-order chi connectivity index (χ0) is 13.7. The number of aliphatic hydroxyl groups is 1. The van der Waals surface area contributed by atoms with Gasteiger partial charge in [-0.15, -0.1) is 0 Å². The minimum Gasteiger partial charge on any atom is -0.395 e. The molecular formula is C14H31N3O. The van der Waals surface area contributed by atoms with Crippen LogP contribution in [0.3, 0.4) is 0 Å². The molecule has 0 aromatic carbocycles. The predicted octanol–water partition coefficient (Wildman–Crippen LogP) is 0.617. The number of rotatable bonds is 7. The van der Waals surface area contributed by atoms with E-state index in [1.165, 1.54) is 6.54 Å². The average Bonchev–Trinajstić information content (AvgIpc) is 2.65. The van der Waals surface area contributed by atoms with Gasteiger partial charge in [0.2, 0.25) is 0 Å². The van der Waals surface area contributed by atoms with Crippen molar-refractivity contribution in [3.8, 4) is 0 Å². The molecular weight excluding hydrogens is 226 g/mol. The Labute approximate surface area is 112 Å². The number of hydrogen-bond donors (Lipinski definition) is 2. The van der Waals surface area contributed by atoms with E-state index >= 15 is 0 Å². The molecule has 0 aromatic heterocycles. The van der Waals surface area contributed by atoms with Crippen molar-refractivity contribution in [2.24, 2.45) is 5.92 Å². The van der Waals surface area contributed by atoms with Crippen LogP contribution in [-0.4, -0.2) is 73.4 Å². The molecule has 0 aliphatic carbocycles. The molecule has 18 heavy (non-hydrogen) atoms. The van der Waals surface area contributed by atoms with Gasteiger partial charge in [-0.3, -0.25) is 0 Å². The van der Waals surface area contributed by atoms with Gasteiger partial charge in [0.05, 0.1) is 6.61 Å². The molecule has 0 saturated carbocycles. The van der Waals surface area contributed by atoms with Gasteiger partial charge in [-0.1, -0.05) is 20.8 Å². The van der Waals surface area contributed by atoms with Gasteiger partial charge in [0.15, 0.2) is 0 Å². The number of likely N-dealkylation sites (N-methyl/N-ethyl adjacent to an activating group) is 1. The van der Waals surface area contributed by atoms with Crippen LogP contribution in [0, 0.1) is 5.92 Å². The van der Waals surface area contributed by atoms with Crippen LogP contribution >= 0.6 is 0 Å². The van der Waals surface area contributed by atoms with Crippen molar-refractivity contribution in [2.45, 2.75) is 45.3 Å². The van der Waals surface area contributed by atoms with Gasteiger partial charge in [0, 0.05) is 31.2 Å². The summed E-state index contributed by atoms with van der Waals surface area (Å²) >= 11 is 0. The topological polar surface area (TPSA) is 38.7 Å². The summed E-state index contributed by atoms with van der Waals surface area (Å²) in [5.41, 5.74) is 0. The third-order valence-corrected chi connectivity index (χ3v) is 3.89. The average molecular weight is 257 g/mol. The van der Waals surface area contributed by atoms with Crippen molar-refractivity contribution < 1.29 is 5.11 Å². The fourth-order valence-electron chi connectivity index (χ4n) is 2.94. The summed E-state index contributed by atoms with van der Waals surface area (Å²) < 4.78 is 0. The predicted molar refractivity (Wildman–Crippen MR) is 76.8 cm³/mol. The summed E-state index contributed by atoms with van der Waals surface area (Å²) in [5.74, 6) is 0.741. The van der Waals surface area contributed by atoms with Gasteiger partial charge < -0.3 is 20.2 Å². The van der Waals surface area contributed by atoms with Gasteiger partial charge in [-0.2, -0.15) is 0 Å². The van der Waals surface area contributed by atoms with Crippen LogP contribution in [0.4, 0.5) is 0 Å². The molecule has 1 rings (SSSR count). The first-order valence-corrected chi connectivity index (χ1v) is 7.19. The summed E-state index contributed by atoms with van der Waals surface area (Å²) in [6.07, 6.45) is 1.03. The number of nitrogens with zero attached hydrogens (tertiary/aromatic N) is 2. The minimum absolute atomic E-state index is 0.235. The molecule has 1 heterocycles. The second-order valence-corrected chi connectivity index (χ2v) is 6.26. The molecule has 3 atom stereocenters.